The molecule has 31 heavy (non-hydrogen) atoms. The highest BCUT2D eigenvalue weighted by atomic mass is 35.5. The third kappa shape index (κ3) is 3.00. The first-order valence-corrected chi connectivity index (χ1v) is 10.3. The van der Waals surface area contributed by atoms with Crippen LogP contribution in [0, 0.1) is 0 Å². The van der Waals surface area contributed by atoms with E-state index in [-0.39, 0.29) is 5.88 Å². The van der Waals surface area contributed by atoms with Gasteiger partial charge in [0.25, 0.3) is 0 Å². The van der Waals surface area contributed by atoms with E-state index in [1.807, 2.05) is 54.7 Å². The first kappa shape index (κ1) is 17.9. The van der Waals surface area contributed by atoms with Gasteiger partial charge in [-0.1, -0.05) is 48.0 Å². The van der Waals surface area contributed by atoms with Crippen LogP contribution in [0.5, 0.6) is 5.88 Å². The van der Waals surface area contributed by atoms with E-state index in [1.54, 1.807) is 6.07 Å². The summed E-state index contributed by atoms with van der Waals surface area (Å²) in [4.78, 5) is 12.6. The van der Waals surface area contributed by atoms with Gasteiger partial charge in [0.05, 0.1) is 22.2 Å². The molecule has 0 aliphatic heterocycles. The van der Waals surface area contributed by atoms with E-state index in [4.69, 9.17) is 16.6 Å². The largest absolute Gasteiger partial charge is 0.495 e. The van der Waals surface area contributed by atoms with Crippen molar-refractivity contribution in [2.24, 2.45) is 0 Å². The summed E-state index contributed by atoms with van der Waals surface area (Å²) < 4.78 is 0. The van der Waals surface area contributed by atoms with Crippen LogP contribution in [-0.2, 0) is 0 Å². The maximum Gasteiger partial charge on any atom is 0.189 e. The molecule has 6 aromatic rings. The molecule has 0 amide bonds. The number of aromatic hydroxyl groups is 1. The molecule has 0 aliphatic rings. The summed E-state index contributed by atoms with van der Waals surface area (Å²) in [5, 5.41) is 13.9. The van der Waals surface area contributed by atoms with Crippen molar-refractivity contribution in [3.63, 3.8) is 0 Å². The number of H-pyrrole nitrogens is 1. The fraction of sp³-hybridized carbons (Fsp3) is 0. The number of aromatic amines is 1. The number of para-hydroxylation sites is 1. The second-order valence-corrected chi connectivity index (χ2v) is 8.00. The van der Waals surface area contributed by atoms with Crippen molar-refractivity contribution in [1.82, 2.24) is 15.0 Å². The zero-order valence-electron chi connectivity index (χ0n) is 16.3. The summed E-state index contributed by atoms with van der Waals surface area (Å²) in [7, 11) is 0. The molecule has 148 valence electrons. The summed E-state index contributed by atoms with van der Waals surface area (Å²) in [6.45, 7) is 0. The van der Waals surface area contributed by atoms with Crippen LogP contribution in [0.1, 0.15) is 0 Å². The fourth-order valence-electron chi connectivity index (χ4n) is 4.09. The van der Waals surface area contributed by atoms with Crippen molar-refractivity contribution in [3.05, 3.63) is 90.1 Å². The number of hydrogen-bond donors (Lipinski definition) is 2. The van der Waals surface area contributed by atoms with Gasteiger partial charge in [0.2, 0.25) is 0 Å². The quantitative estimate of drug-likeness (QED) is 0.317. The van der Waals surface area contributed by atoms with Crippen molar-refractivity contribution in [3.8, 4) is 28.3 Å². The van der Waals surface area contributed by atoms with Gasteiger partial charge in [-0.3, -0.25) is 4.98 Å². The predicted octanol–water partition coefficient (Wildman–Crippen LogP) is 6.96. The summed E-state index contributed by atoms with van der Waals surface area (Å²) in [6, 6.07) is 25.7. The van der Waals surface area contributed by atoms with Crippen LogP contribution < -0.4 is 0 Å². The van der Waals surface area contributed by atoms with Crippen molar-refractivity contribution in [1.29, 1.82) is 0 Å². The molecular weight excluding hydrogens is 406 g/mol. The van der Waals surface area contributed by atoms with Crippen molar-refractivity contribution in [2.75, 3.05) is 0 Å². The molecule has 0 fully saturated rings. The lowest BCUT2D eigenvalue weighted by Gasteiger charge is -2.09. The smallest absolute Gasteiger partial charge is 0.189 e. The maximum atomic E-state index is 10.2. The van der Waals surface area contributed by atoms with Crippen molar-refractivity contribution < 1.29 is 5.11 Å². The molecule has 4 nitrogen and oxygen atoms in total. The van der Waals surface area contributed by atoms with Gasteiger partial charge in [0, 0.05) is 44.6 Å². The molecule has 0 bridgehead atoms. The highest BCUT2D eigenvalue weighted by molar-refractivity contribution is 6.30. The normalized spacial score (nSPS) is 11.5. The minimum absolute atomic E-state index is 0.109. The van der Waals surface area contributed by atoms with E-state index in [2.05, 4.69) is 34.2 Å². The van der Waals surface area contributed by atoms with Crippen LogP contribution in [0.15, 0.2) is 85.1 Å². The molecule has 0 saturated heterocycles. The van der Waals surface area contributed by atoms with Crippen LogP contribution in [0.25, 0.3) is 55.1 Å². The number of benzene rings is 3. The highest BCUT2D eigenvalue weighted by Crippen LogP contribution is 2.36. The molecule has 2 N–H and O–H groups in total. The second-order valence-electron chi connectivity index (χ2n) is 7.56. The van der Waals surface area contributed by atoms with Crippen LogP contribution >= 0.6 is 11.6 Å². The molecular formula is C26H16ClN3O. The topological polar surface area (TPSA) is 61.8 Å². The van der Waals surface area contributed by atoms with E-state index in [1.165, 1.54) is 0 Å². The third-order valence-corrected chi connectivity index (χ3v) is 5.85. The monoisotopic (exact) mass is 421 g/mol. The van der Waals surface area contributed by atoms with Crippen LogP contribution in [0.3, 0.4) is 0 Å². The van der Waals surface area contributed by atoms with E-state index in [9.17, 15) is 5.11 Å². The first-order valence-electron chi connectivity index (χ1n) is 9.92. The molecule has 3 heterocycles. The maximum absolute atomic E-state index is 10.2. The van der Waals surface area contributed by atoms with E-state index >= 15 is 0 Å². The number of pyridine rings is 2. The fourth-order valence-corrected chi connectivity index (χ4v) is 4.22. The molecule has 3 aromatic heterocycles. The molecule has 3 aromatic carbocycles. The van der Waals surface area contributed by atoms with Gasteiger partial charge in [-0.2, -0.15) is 0 Å². The first-order chi connectivity index (χ1) is 15.2. The number of fused-ring (bicyclic) bond motifs is 4. The number of nitrogens with zero attached hydrogens (tertiary/aromatic N) is 2. The average Bonchev–Trinajstić information content (AvgIpc) is 3.20. The number of halogens is 1. The number of hydrogen-bond acceptors (Lipinski definition) is 3. The Bertz CT molecular complexity index is 1600. The summed E-state index contributed by atoms with van der Waals surface area (Å²) >= 11 is 6.06. The van der Waals surface area contributed by atoms with Crippen molar-refractivity contribution in [2.45, 2.75) is 0 Å². The average molecular weight is 422 g/mol. The van der Waals surface area contributed by atoms with Gasteiger partial charge < -0.3 is 10.1 Å². The Labute approximate surface area is 182 Å². The van der Waals surface area contributed by atoms with Gasteiger partial charge >= 0.3 is 0 Å². The molecule has 5 heteroatoms. The van der Waals surface area contributed by atoms with Crippen LogP contribution in [0.4, 0.5) is 0 Å². The Morgan fingerprint density at radius 2 is 1.55 bits per heavy atom. The lowest BCUT2D eigenvalue weighted by atomic mass is 10.00. The number of rotatable bonds is 2. The molecule has 0 aliphatic carbocycles. The lowest BCUT2D eigenvalue weighted by Crippen LogP contribution is -1.90. The predicted molar refractivity (Wildman–Crippen MR) is 126 cm³/mol. The molecule has 6 rings (SSSR count). The van der Waals surface area contributed by atoms with E-state index in [0.717, 1.165) is 55.1 Å². The zero-order valence-corrected chi connectivity index (χ0v) is 17.1. The standard InChI is InChI=1S/C26H16ClN3O/c27-19-8-5-15(6-9-19)25-26-21(13-24(31)30-26)20-12-16(7-10-23(20)29-25)18-11-17-3-1-2-4-22(17)28-14-18/h1-14,30-31H. The van der Waals surface area contributed by atoms with E-state index in [0.29, 0.717) is 5.02 Å². The van der Waals surface area contributed by atoms with E-state index < -0.39 is 0 Å². The highest BCUT2D eigenvalue weighted by Gasteiger charge is 2.14. The Kier molecular flexibility index (Phi) is 3.95. The summed E-state index contributed by atoms with van der Waals surface area (Å²) in [5.74, 6) is 0.109. The third-order valence-electron chi connectivity index (χ3n) is 5.60. The van der Waals surface area contributed by atoms with Crippen LogP contribution in [-0.4, -0.2) is 20.1 Å². The van der Waals surface area contributed by atoms with Crippen molar-refractivity contribution >= 4 is 44.3 Å². The molecule has 0 saturated carbocycles. The summed E-state index contributed by atoms with van der Waals surface area (Å²) in [5.41, 5.74) is 6.42. The van der Waals surface area contributed by atoms with Gasteiger partial charge in [0.15, 0.2) is 5.88 Å². The molecule has 0 unspecified atom stereocenters. The molecule has 0 radical (unpaired) electrons. The zero-order chi connectivity index (χ0) is 20.9. The van der Waals surface area contributed by atoms with Gasteiger partial charge in [-0.05, 0) is 42.0 Å². The van der Waals surface area contributed by atoms with Crippen LogP contribution in [0.2, 0.25) is 5.02 Å². The minimum Gasteiger partial charge on any atom is -0.495 e. The molecule has 0 atom stereocenters. The molecule has 0 spiro atoms. The minimum atomic E-state index is 0.109. The Morgan fingerprint density at radius 1 is 0.742 bits per heavy atom. The number of aromatic nitrogens is 3. The second kappa shape index (κ2) is 6.83. The van der Waals surface area contributed by atoms with Gasteiger partial charge in [-0.15, -0.1) is 0 Å². The Balaban J connectivity index is 1.58. The Hall–Kier alpha value is -3.89. The lowest BCUT2D eigenvalue weighted by molar-refractivity contribution is 0.458. The SMILES string of the molecule is Oc1cc2c([nH]1)c(-c1ccc(Cl)cc1)nc1ccc(-c3cnc4ccccc4c3)cc12. The van der Waals surface area contributed by atoms with Gasteiger partial charge in [0.1, 0.15) is 0 Å². The van der Waals surface area contributed by atoms with Gasteiger partial charge in [-0.25, -0.2) is 4.98 Å². The Morgan fingerprint density at radius 3 is 2.42 bits per heavy atom. The number of nitrogens with one attached hydrogen (secondary N) is 1. The summed E-state index contributed by atoms with van der Waals surface area (Å²) in [6.07, 6.45) is 1.89.